The molecule has 3 N–H and O–H groups in total. The van der Waals surface area contributed by atoms with Gasteiger partial charge in [0.25, 0.3) is 10.0 Å². The number of nitrogens with zero attached hydrogens (tertiary/aromatic N) is 3. The second-order valence-electron chi connectivity index (χ2n) is 3.70. The number of nitrogens with one attached hydrogen (secondary N) is 1. The zero-order chi connectivity index (χ0) is 13.2. The minimum atomic E-state index is -3.78. The smallest absolute Gasteiger partial charge is 0.271 e. The summed E-state index contributed by atoms with van der Waals surface area (Å²) in [5.41, 5.74) is 0. The van der Waals surface area contributed by atoms with E-state index >= 15 is 0 Å². The number of aryl methyl sites for hydroxylation is 1. The van der Waals surface area contributed by atoms with Crippen LogP contribution in [0.1, 0.15) is 11.6 Å². The Labute approximate surface area is 104 Å². The molecule has 0 amide bonds. The molecule has 2 aromatic rings. The third kappa shape index (κ3) is 3.15. The van der Waals surface area contributed by atoms with E-state index in [0.717, 1.165) is 0 Å². The summed E-state index contributed by atoms with van der Waals surface area (Å²) in [5.74, 6) is 1.13. The summed E-state index contributed by atoms with van der Waals surface area (Å²) in [5, 5.41) is 11.8. The molecular weight excluding hydrogens is 258 g/mol. The Morgan fingerprint density at radius 1 is 1.44 bits per heavy atom. The first-order valence-electron chi connectivity index (χ1n) is 5.12. The summed E-state index contributed by atoms with van der Waals surface area (Å²) in [6.45, 7) is 0.833. The lowest BCUT2D eigenvalue weighted by Gasteiger charge is -1.98. The number of sulfonamides is 1. The lowest BCUT2D eigenvalue weighted by molar-refractivity contribution is 0.401. The van der Waals surface area contributed by atoms with Crippen LogP contribution in [-0.4, -0.2) is 23.2 Å². The van der Waals surface area contributed by atoms with Crippen molar-refractivity contribution in [3.8, 4) is 0 Å². The quantitative estimate of drug-likeness (QED) is 0.746. The van der Waals surface area contributed by atoms with Crippen molar-refractivity contribution >= 4 is 10.0 Å². The summed E-state index contributed by atoms with van der Waals surface area (Å²) < 4.78 is 28.6. The summed E-state index contributed by atoms with van der Waals surface area (Å²) in [4.78, 5) is 4.03. The molecule has 0 fully saturated rings. The molecule has 0 aliphatic rings. The fourth-order valence-electron chi connectivity index (χ4n) is 1.37. The predicted molar refractivity (Wildman–Crippen MR) is 61.6 cm³/mol. The van der Waals surface area contributed by atoms with E-state index < -0.39 is 10.0 Å². The molecule has 0 bridgehead atoms. The van der Waals surface area contributed by atoms with Gasteiger partial charge in [-0.05, 0) is 12.1 Å². The van der Waals surface area contributed by atoms with E-state index in [1.165, 1.54) is 6.07 Å². The maximum absolute atomic E-state index is 11.0. The van der Waals surface area contributed by atoms with Crippen LogP contribution in [0.25, 0.3) is 0 Å². The van der Waals surface area contributed by atoms with E-state index in [2.05, 4.69) is 15.4 Å². The normalized spacial score (nSPS) is 11.9. The lowest BCUT2D eigenvalue weighted by Crippen LogP contribution is -2.14. The molecule has 0 aliphatic carbocycles. The predicted octanol–water partition coefficient (Wildman–Crippen LogP) is -0.655. The lowest BCUT2D eigenvalue weighted by atomic mass is 10.4. The number of primary sulfonamides is 1. The molecule has 0 atom stereocenters. The highest BCUT2D eigenvalue weighted by Crippen LogP contribution is 2.11. The van der Waals surface area contributed by atoms with Crippen molar-refractivity contribution < 1.29 is 12.8 Å². The number of furan rings is 1. The van der Waals surface area contributed by atoms with Gasteiger partial charge in [0.1, 0.15) is 12.1 Å². The minimum absolute atomic E-state index is 0.240. The first-order valence-corrected chi connectivity index (χ1v) is 6.66. The molecule has 0 spiro atoms. The van der Waals surface area contributed by atoms with Gasteiger partial charge in [-0.1, -0.05) is 0 Å². The van der Waals surface area contributed by atoms with E-state index in [1.54, 1.807) is 24.1 Å². The largest absolute Gasteiger partial charge is 0.447 e. The molecule has 98 valence electrons. The first-order chi connectivity index (χ1) is 8.45. The SMILES string of the molecule is Cn1cnc(CNCc2ccc(S(N)(=O)=O)o2)n1. The van der Waals surface area contributed by atoms with E-state index in [0.29, 0.717) is 24.7 Å². The van der Waals surface area contributed by atoms with Crippen LogP contribution in [0.4, 0.5) is 0 Å². The Balaban J connectivity index is 1.89. The van der Waals surface area contributed by atoms with Crippen molar-refractivity contribution in [2.45, 2.75) is 18.2 Å². The molecule has 2 rings (SSSR count). The van der Waals surface area contributed by atoms with Gasteiger partial charge in [0.15, 0.2) is 5.82 Å². The maximum Gasteiger partial charge on any atom is 0.271 e. The number of aromatic nitrogens is 3. The van der Waals surface area contributed by atoms with Gasteiger partial charge in [0.05, 0.1) is 13.1 Å². The number of hydrogen-bond acceptors (Lipinski definition) is 6. The van der Waals surface area contributed by atoms with E-state index in [9.17, 15) is 8.42 Å². The summed E-state index contributed by atoms with van der Waals surface area (Å²) in [6, 6.07) is 2.88. The van der Waals surface area contributed by atoms with Crippen LogP contribution in [0.3, 0.4) is 0 Å². The number of rotatable bonds is 5. The highest BCUT2D eigenvalue weighted by molar-refractivity contribution is 7.89. The third-order valence-corrected chi connectivity index (χ3v) is 2.93. The van der Waals surface area contributed by atoms with Gasteiger partial charge in [0.2, 0.25) is 5.09 Å². The summed E-state index contributed by atoms with van der Waals surface area (Å²) >= 11 is 0. The standard InChI is InChI=1S/C9H13N5O3S/c1-14-6-12-8(13-14)5-11-4-7-2-3-9(17-7)18(10,15)16/h2-3,6,11H,4-5H2,1H3,(H2,10,15,16). The van der Waals surface area contributed by atoms with Gasteiger partial charge in [0, 0.05) is 7.05 Å². The molecule has 2 heterocycles. The maximum atomic E-state index is 11.0. The van der Waals surface area contributed by atoms with E-state index in [-0.39, 0.29) is 5.09 Å². The van der Waals surface area contributed by atoms with Gasteiger partial charge >= 0.3 is 0 Å². The molecule has 0 unspecified atom stereocenters. The van der Waals surface area contributed by atoms with Crippen LogP contribution < -0.4 is 10.5 Å². The van der Waals surface area contributed by atoms with Crippen LogP contribution in [-0.2, 0) is 30.2 Å². The Morgan fingerprint density at radius 2 is 2.22 bits per heavy atom. The Morgan fingerprint density at radius 3 is 2.78 bits per heavy atom. The van der Waals surface area contributed by atoms with E-state index in [1.807, 2.05) is 0 Å². The average Bonchev–Trinajstić information content (AvgIpc) is 2.87. The second-order valence-corrected chi connectivity index (χ2v) is 5.20. The van der Waals surface area contributed by atoms with Crippen molar-refractivity contribution in [3.63, 3.8) is 0 Å². The fourth-order valence-corrected chi connectivity index (χ4v) is 1.85. The summed E-state index contributed by atoms with van der Waals surface area (Å²) in [6.07, 6.45) is 1.60. The van der Waals surface area contributed by atoms with E-state index in [4.69, 9.17) is 9.56 Å². The van der Waals surface area contributed by atoms with Gasteiger partial charge < -0.3 is 9.73 Å². The van der Waals surface area contributed by atoms with Crippen molar-refractivity contribution in [2.75, 3.05) is 0 Å². The molecule has 0 radical (unpaired) electrons. The van der Waals surface area contributed by atoms with Crippen molar-refractivity contribution in [3.05, 3.63) is 30.0 Å². The van der Waals surface area contributed by atoms with Gasteiger partial charge in [-0.15, -0.1) is 0 Å². The van der Waals surface area contributed by atoms with Crippen LogP contribution in [0.5, 0.6) is 0 Å². The molecule has 0 aromatic carbocycles. The Kier molecular flexibility index (Phi) is 3.45. The molecule has 0 saturated heterocycles. The highest BCUT2D eigenvalue weighted by atomic mass is 32.2. The minimum Gasteiger partial charge on any atom is -0.447 e. The molecule has 0 saturated carbocycles. The average molecular weight is 271 g/mol. The zero-order valence-corrected chi connectivity index (χ0v) is 10.5. The van der Waals surface area contributed by atoms with Gasteiger partial charge in [-0.3, -0.25) is 4.68 Å². The molecule has 0 aliphatic heterocycles. The number of nitrogens with two attached hydrogens (primary N) is 1. The number of hydrogen-bond donors (Lipinski definition) is 2. The molecule has 18 heavy (non-hydrogen) atoms. The fraction of sp³-hybridized carbons (Fsp3) is 0.333. The van der Waals surface area contributed by atoms with Crippen LogP contribution in [0.2, 0.25) is 0 Å². The monoisotopic (exact) mass is 271 g/mol. The van der Waals surface area contributed by atoms with Crippen LogP contribution in [0, 0.1) is 0 Å². The topological polar surface area (TPSA) is 116 Å². The Bertz CT molecular complexity index is 630. The van der Waals surface area contributed by atoms with Crippen molar-refractivity contribution in [1.29, 1.82) is 0 Å². The van der Waals surface area contributed by atoms with Crippen molar-refractivity contribution in [1.82, 2.24) is 20.1 Å². The zero-order valence-electron chi connectivity index (χ0n) is 9.70. The molecule has 2 aromatic heterocycles. The molecule has 8 nitrogen and oxygen atoms in total. The Hall–Kier alpha value is -1.71. The molecular formula is C9H13N5O3S. The van der Waals surface area contributed by atoms with Crippen LogP contribution >= 0.6 is 0 Å². The van der Waals surface area contributed by atoms with Crippen molar-refractivity contribution in [2.24, 2.45) is 12.2 Å². The van der Waals surface area contributed by atoms with Gasteiger partial charge in [-0.2, -0.15) is 5.10 Å². The highest BCUT2D eigenvalue weighted by Gasteiger charge is 2.12. The van der Waals surface area contributed by atoms with Gasteiger partial charge in [-0.25, -0.2) is 18.5 Å². The first kappa shape index (κ1) is 12.7. The van der Waals surface area contributed by atoms with Crippen LogP contribution in [0.15, 0.2) is 28.0 Å². The third-order valence-electron chi connectivity index (χ3n) is 2.15. The second kappa shape index (κ2) is 4.88. The molecule has 9 heteroatoms. The summed E-state index contributed by atoms with van der Waals surface area (Å²) in [7, 11) is -2.00.